The van der Waals surface area contributed by atoms with Gasteiger partial charge in [0.25, 0.3) is 0 Å². The molecule has 116 valence electrons. The number of carbonyl (C=O) groups is 1. The third kappa shape index (κ3) is 3.17. The fourth-order valence-electron chi connectivity index (χ4n) is 2.57. The summed E-state index contributed by atoms with van der Waals surface area (Å²) in [4.78, 5) is 15.9. The van der Waals surface area contributed by atoms with E-state index in [0.29, 0.717) is 18.8 Å². The molecule has 1 saturated heterocycles. The Morgan fingerprint density at radius 1 is 1.32 bits per heavy atom. The summed E-state index contributed by atoms with van der Waals surface area (Å²) in [7, 11) is 0. The summed E-state index contributed by atoms with van der Waals surface area (Å²) in [6.07, 6.45) is 2.00. The Bertz CT molecular complexity index is 641. The number of para-hydroxylation sites is 1. The first kappa shape index (κ1) is 14.7. The van der Waals surface area contributed by atoms with E-state index in [1.807, 2.05) is 49.1 Å². The Morgan fingerprint density at radius 3 is 2.86 bits per heavy atom. The van der Waals surface area contributed by atoms with E-state index in [2.05, 4.69) is 10.2 Å². The zero-order valence-corrected chi connectivity index (χ0v) is 12.8. The molecule has 1 fully saturated rings. The van der Waals surface area contributed by atoms with Crippen LogP contribution in [-0.2, 0) is 16.0 Å². The lowest BCUT2D eigenvalue weighted by Gasteiger charge is -2.36. The SMILES string of the molecule is C[C@@H]1CN(C(=O)Cc2cnn(-c3ccccc3)n2)[C@H](C)CO1. The van der Waals surface area contributed by atoms with Crippen LogP contribution in [0.15, 0.2) is 36.5 Å². The zero-order chi connectivity index (χ0) is 15.5. The zero-order valence-electron chi connectivity index (χ0n) is 12.8. The molecule has 3 rings (SSSR count). The molecule has 0 aliphatic carbocycles. The number of morpholine rings is 1. The second-order valence-corrected chi connectivity index (χ2v) is 5.68. The maximum Gasteiger partial charge on any atom is 0.229 e. The van der Waals surface area contributed by atoms with Crippen molar-refractivity contribution in [1.29, 1.82) is 0 Å². The van der Waals surface area contributed by atoms with Crippen LogP contribution in [0.2, 0.25) is 0 Å². The van der Waals surface area contributed by atoms with E-state index in [-0.39, 0.29) is 24.5 Å². The van der Waals surface area contributed by atoms with Crippen LogP contribution >= 0.6 is 0 Å². The Hall–Kier alpha value is -2.21. The van der Waals surface area contributed by atoms with Crippen LogP contribution in [0.4, 0.5) is 0 Å². The topological polar surface area (TPSA) is 60.2 Å². The van der Waals surface area contributed by atoms with Gasteiger partial charge in [-0.1, -0.05) is 18.2 Å². The summed E-state index contributed by atoms with van der Waals surface area (Å²) in [6.45, 7) is 5.21. The lowest BCUT2D eigenvalue weighted by Crippen LogP contribution is -2.50. The molecule has 1 aliphatic rings. The van der Waals surface area contributed by atoms with Gasteiger partial charge in [0.15, 0.2) is 0 Å². The van der Waals surface area contributed by atoms with Gasteiger partial charge in [-0.3, -0.25) is 4.79 Å². The predicted molar refractivity (Wildman–Crippen MR) is 81.7 cm³/mol. The number of ether oxygens (including phenoxy) is 1. The van der Waals surface area contributed by atoms with Gasteiger partial charge in [-0.15, -0.1) is 0 Å². The number of hydrogen-bond donors (Lipinski definition) is 0. The van der Waals surface area contributed by atoms with Crippen LogP contribution in [0.1, 0.15) is 19.5 Å². The minimum atomic E-state index is 0.0720. The predicted octanol–water partition coefficient (Wildman–Crippen LogP) is 1.45. The number of amides is 1. The van der Waals surface area contributed by atoms with Gasteiger partial charge < -0.3 is 9.64 Å². The molecule has 22 heavy (non-hydrogen) atoms. The molecule has 1 amide bonds. The first-order chi connectivity index (χ1) is 10.6. The highest BCUT2D eigenvalue weighted by Crippen LogP contribution is 2.13. The minimum Gasteiger partial charge on any atom is -0.375 e. The van der Waals surface area contributed by atoms with Crippen LogP contribution in [0, 0.1) is 0 Å². The Morgan fingerprint density at radius 2 is 2.09 bits per heavy atom. The Kier molecular flexibility index (Phi) is 4.20. The fraction of sp³-hybridized carbons (Fsp3) is 0.438. The van der Waals surface area contributed by atoms with E-state index in [1.165, 1.54) is 0 Å². The number of nitrogens with zero attached hydrogens (tertiary/aromatic N) is 4. The number of carbonyl (C=O) groups excluding carboxylic acids is 1. The van der Waals surface area contributed by atoms with Gasteiger partial charge in [0, 0.05) is 6.54 Å². The number of rotatable bonds is 3. The van der Waals surface area contributed by atoms with E-state index in [9.17, 15) is 4.79 Å². The van der Waals surface area contributed by atoms with Gasteiger partial charge in [-0.05, 0) is 26.0 Å². The van der Waals surface area contributed by atoms with Crippen molar-refractivity contribution in [2.45, 2.75) is 32.4 Å². The highest BCUT2D eigenvalue weighted by atomic mass is 16.5. The second-order valence-electron chi connectivity index (χ2n) is 5.68. The van der Waals surface area contributed by atoms with Gasteiger partial charge in [0.2, 0.25) is 5.91 Å². The largest absolute Gasteiger partial charge is 0.375 e. The summed E-state index contributed by atoms with van der Waals surface area (Å²) in [6, 6.07) is 9.76. The van der Waals surface area contributed by atoms with Gasteiger partial charge in [-0.2, -0.15) is 15.0 Å². The third-order valence-corrected chi connectivity index (χ3v) is 3.79. The molecule has 0 N–H and O–H groups in total. The number of benzene rings is 1. The van der Waals surface area contributed by atoms with E-state index >= 15 is 0 Å². The quantitative estimate of drug-likeness (QED) is 0.861. The van der Waals surface area contributed by atoms with E-state index < -0.39 is 0 Å². The molecule has 6 heteroatoms. The van der Waals surface area contributed by atoms with Gasteiger partial charge in [-0.25, -0.2) is 0 Å². The molecule has 2 heterocycles. The second kappa shape index (κ2) is 6.27. The molecular formula is C16H20N4O2. The van der Waals surface area contributed by atoms with Crippen molar-refractivity contribution in [2.75, 3.05) is 13.2 Å². The summed E-state index contributed by atoms with van der Waals surface area (Å²) in [5, 5.41) is 8.61. The molecule has 0 saturated carbocycles. The Labute approximate surface area is 129 Å². The van der Waals surface area contributed by atoms with Crippen LogP contribution in [0.5, 0.6) is 0 Å². The highest BCUT2D eigenvalue weighted by Gasteiger charge is 2.27. The van der Waals surface area contributed by atoms with Crippen LogP contribution in [0.3, 0.4) is 0 Å². The minimum absolute atomic E-state index is 0.0720. The first-order valence-electron chi connectivity index (χ1n) is 7.51. The van der Waals surface area contributed by atoms with Crippen molar-refractivity contribution in [3.63, 3.8) is 0 Å². The molecule has 1 aromatic heterocycles. The molecular weight excluding hydrogens is 280 g/mol. The average Bonchev–Trinajstić information content (AvgIpc) is 2.99. The summed E-state index contributed by atoms with van der Waals surface area (Å²) < 4.78 is 5.56. The summed E-state index contributed by atoms with van der Waals surface area (Å²) in [5.74, 6) is 0.0720. The average molecular weight is 300 g/mol. The number of hydrogen-bond acceptors (Lipinski definition) is 4. The smallest absolute Gasteiger partial charge is 0.229 e. The molecule has 2 aromatic rings. The molecule has 1 aromatic carbocycles. The van der Waals surface area contributed by atoms with Crippen molar-refractivity contribution < 1.29 is 9.53 Å². The lowest BCUT2D eigenvalue weighted by molar-refractivity contribution is -0.142. The van der Waals surface area contributed by atoms with Crippen molar-refractivity contribution in [1.82, 2.24) is 19.9 Å². The molecule has 0 unspecified atom stereocenters. The van der Waals surface area contributed by atoms with Crippen molar-refractivity contribution in [2.24, 2.45) is 0 Å². The normalized spacial score (nSPS) is 21.8. The van der Waals surface area contributed by atoms with E-state index in [1.54, 1.807) is 11.0 Å². The van der Waals surface area contributed by atoms with Crippen LogP contribution in [-0.4, -0.2) is 51.1 Å². The maximum absolute atomic E-state index is 12.5. The first-order valence-corrected chi connectivity index (χ1v) is 7.51. The van der Waals surface area contributed by atoms with Crippen molar-refractivity contribution in [3.8, 4) is 5.69 Å². The van der Waals surface area contributed by atoms with Crippen LogP contribution < -0.4 is 0 Å². The molecule has 6 nitrogen and oxygen atoms in total. The lowest BCUT2D eigenvalue weighted by atomic mass is 10.2. The van der Waals surface area contributed by atoms with Crippen molar-refractivity contribution >= 4 is 5.91 Å². The van der Waals surface area contributed by atoms with Crippen molar-refractivity contribution in [3.05, 3.63) is 42.2 Å². The molecule has 1 aliphatic heterocycles. The monoisotopic (exact) mass is 300 g/mol. The summed E-state index contributed by atoms with van der Waals surface area (Å²) in [5.41, 5.74) is 1.56. The molecule has 2 atom stereocenters. The van der Waals surface area contributed by atoms with Gasteiger partial charge in [0.1, 0.15) is 0 Å². The fourth-order valence-corrected chi connectivity index (χ4v) is 2.57. The Balaban J connectivity index is 1.68. The maximum atomic E-state index is 12.5. The van der Waals surface area contributed by atoms with Crippen LogP contribution in [0.25, 0.3) is 5.69 Å². The standard InChI is InChI=1S/C16H20N4O2/c1-12-11-22-13(2)10-19(12)16(21)8-14-9-17-20(18-14)15-6-4-3-5-7-15/h3-7,9,12-13H,8,10-11H2,1-2H3/t12-,13-/m1/s1. The van der Waals surface area contributed by atoms with Gasteiger partial charge >= 0.3 is 0 Å². The third-order valence-electron chi connectivity index (χ3n) is 3.79. The van der Waals surface area contributed by atoms with E-state index in [4.69, 9.17) is 4.74 Å². The van der Waals surface area contributed by atoms with Gasteiger partial charge in [0.05, 0.1) is 42.8 Å². The molecule has 0 spiro atoms. The molecule has 0 bridgehead atoms. The highest BCUT2D eigenvalue weighted by molar-refractivity contribution is 5.78. The number of aromatic nitrogens is 3. The summed E-state index contributed by atoms with van der Waals surface area (Å²) >= 11 is 0. The van der Waals surface area contributed by atoms with E-state index in [0.717, 1.165) is 5.69 Å². The molecule has 0 radical (unpaired) electrons.